The Balaban J connectivity index is 1.69. The summed E-state index contributed by atoms with van der Waals surface area (Å²) >= 11 is 0. The lowest BCUT2D eigenvalue weighted by Gasteiger charge is -2.09. The maximum atomic E-state index is 8.62. The van der Waals surface area contributed by atoms with E-state index in [9.17, 15) is 0 Å². The van der Waals surface area contributed by atoms with Gasteiger partial charge in [0.2, 0.25) is 5.69 Å². The van der Waals surface area contributed by atoms with Gasteiger partial charge in [0.1, 0.15) is 18.2 Å². The predicted molar refractivity (Wildman–Crippen MR) is 123 cm³/mol. The van der Waals surface area contributed by atoms with E-state index in [2.05, 4.69) is 29.7 Å². The van der Waals surface area contributed by atoms with E-state index in [1.54, 1.807) is 6.07 Å². The van der Waals surface area contributed by atoms with E-state index in [0.29, 0.717) is 22.3 Å². The number of furan rings is 1. The molecule has 0 saturated carbocycles. The fraction of sp³-hybridized carbons (Fsp3) is 0.179. The van der Waals surface area contributed by atoms with Crippen LogP contribution >= 0.6 is 0 Å². The standard InChI is InChI=1S/C28H24NO/c1-18-15-16-24-23-13-7-12-22(21-11-6-9-19-8-5-10-20(19)21)27(23)30-28(24)26(18)25-14-3-4-17-29(25)2/h3-4,6-7,9,11-17H,5,8,10H2,1-2H3/q+1/i8D2,10D2. The Morgan fingerprint density at radius 1 is 0.833 bits per heavy atom. The molecule has 0 spiro atoms. The molecule has 30 heavy (non-hydrogen) atoms. The quantitative estimate of drug-likeness (QED) is 0.311. The van der Waals surface area contributed by atoms with Crippen LogP contribution in [0.1, 0.15) is 28.6 Å². The fourth-order valence-electron chi connectivity index (χ4n) is 4.62. The minimum Gasteiger partial charge on any atom is -0.454 e. The van der Waals surface area contributed by atoms with Crippen molar-refractivity contribution in [2.75, 3.05) is 0 Å². The third kappa shape index (κ3) is 2.46. The van der Waals surface area contributed by atoms with Crippen LogP contribution in [-0.4, -0.2) is 0 Å². The zero-order chi connectivity index (χ0) is 23.8. The van der Waals surface area contributed by atoms with E-state index in [1.807, 2.05) is 55.7 Å². The number of pyridine rings is 1. The van der Waals surface area contributed by atoms with Crippen molar-refractivity contribution in [1.82, 2.24) is 0 Å². The van der Waals surface area contributed by atoms with Gasteiger partial charge in [0.25, 0.3) is 0 Å². The lowest BCUT2D eigenvalue weighted by atomic mass is 9.95. The van der Waals surface area contributed by atoms with Crippen LogP contribution in [0, 0.1) is 6.92 Å². The topological polar surface area (TPSA) is 17.0 Å². The molecule has 2 heterocycles. The molecule has 6 rings (SSSR count). The molecule has 0 N–H and O–H groups in total. The molecule has 146 valence electrons. The van der Waals surface area contributed by atoms with E-state index < -0.39 is 12.7 Å². The summed E-state index contributed by atoms with van der Waals surface area (Å²) in [5, 5.41) is 1.97. The average molecular weight is 395 g/mol. The molecule has 2 heteroatoms. The van der Waals surface area contributed by atoms with Gasteiger partial charge in [0.15, 0.2) is 6.20 Å². The molecule has 1 aliphatic rings. The molecule has 5 aromatic rings. The molecule has 0 aliphatic heterocycles. The first-order chi connectivity index (χ1) is 16.2. The van der Waals surface area contributed by atoms with Gasteiger partial charge in [0.05, 0.1) is 5.56 Å². The highest BCUT2D eigenvalue weighted by molar-refractivity contribution is 6.13. The molecule has 0 amide bonds. The van der Waals surface area contributed by atoms with Crippen molar-refractivity contribution in [2.24, 2.45) is 7.05 Å². The molecule has 2 nitrogen and oxygen atoms in total. The van der Waals surface area contributed by atoms with Crippen molar-refractivity contribution in [3.05, 3.63) is 89.6 Å². The number of aryl methyl sites for hydroxylation is 3. The summed E-state index contributed by atoms with van der Waals surface area (Å²) in [6.45, 7) is 2.08. The minimum atomic E-state index is -1.76. The summed E-state index contributed by atoms with van der Waals surface area (Å²) in [5.74, 6) is 0. The number of hydrogen-bond donors (Lipinski definition) is 0. The van der Waals surface area contributed by atoms with E-state index in [1.165, 1.54) is 0 Å². The number of para-hydroxylation sites is 1. The Kier molecular flexibility index (Phi) is 3.01. The molecule has 2 aromatic heterocycles. The van der Waals surface area contributed by atoms with Gasteiger partial charge in [-0.2, -0.15) is 0 Å². The van der Waals surface area contributed by atoms with Crippen LogP contribution in [-0.2, 0) is 19.8 Å². The van der Waals surface area contributed by atoms with E-state index in [4.69, 9.17) is 9.90 Å². The van der Waals surface area contributed by atoms with Gasteiger partial charge in [-0.15, -0.1) is 0 Å². The molecule has 0 radical (unpaired) electrons. The van der Waals surface area contributed by atoms with Crippen LogP contribution in [0.25, 0.3) is 44.3 Å². The van der Waals surface area contributed by atoms with Crippen molar-refractivity contribution in [1.29, 1.82) is 0 Å². The molecule has 0 fully saturated rings. The predicted octanol–water partition coefficient (Wildman–Crippen LogP) is 6.54. The Morgan fingerprint density at radius 2 is 1.67 bits per heavy atom. The van der Waals surface area contributed by atoms with E-state index in [-0.39, 0.29) is 6.42 Å². The highest BCUT2D eigenvalue weighted by Crippen LogP contribution is 2.42. The van der Waals surface area contributed by atoms with Gasteiger partial charge in [-0.25, -0.2) is 4.57 Å². The lowest BCUT2D eigenvalue weighted by molar-refractivity contribution is -0.660. The summed E-state index contributed by atoms with van der Waals surface area (Å²) in [7, 11) is 2.02. The van der Waals surface area contributed by atoms with E-state index in [0.717, 1.165) is 38.7 Å². The largest absolute Gasteiger partial charge is 0.454 e. The Hall–Kier alpha value is -3.39. The Morgan fingerprint density at radius 3 is 2.57 bits per heavy atom. The lowest BCUT2D eigenvalue weighted by Crippen LogP contribution is -2.30. The Labute approximate surface area is 182 Å². The highest BCUT2D eigenvalue weighted by Gasteiger charge is 2.23. The third-order valence-electron chi connectivity index (χ3n) is 6.08. The molecule has 1 aliphatic carbocycles. The second-order valence-corrected chi connectivity index (χ2v) is 7.87. The molecule has 0 saturated heterocycles. The van der Waals surface area contributed by atoms with Gasteiger partial charge < -0.3 is 4.42 Å². The summed E-state index contributed by atoms with van der Waals surface area (Å²) < 4.78 is 42.7. The first-order valence-corrected chi connectivity index (χ1v) is 10.2. The number of rotatable bonds is 2. The van der Waals surface area contributed by atoms with Crippen LogP contribution in [0.3, 0.4) is 0 Å². The fourth-order valence-corrected chi connectivity index (χ4v) is 4.62. The summed E-state index contributed by atoms with van der Waals surface area (Å²) in [5.41, 5.74) is 7.03. The van der Waals surface area contributed by atoms with Crippen molar-refractivity contribution in [3.63, 3.8) is 0 Å². The van der Waals surface area contributed by atoms with Gasteiger partial charge in [0, 0.05) is 34.0 Å². The summed E-state index contributed by atoms with van der Waals surface area (Å²) in [6, 6.07) is 21.6. The number of fused-ring (bicyclic) bond motifs is 4. The van der Waals surface area contributed by atoms with Gasteiger partial charge in [-0.05, 0) is 54.4 Å². The molecule has 0 unspecified atom stereocenters. The molecular weight excluding hydrogens is 366 g/mol. The van der Waals surface area contributed by atoms with Crippen molar-refractivity contribution in [2.45, 2.75) is 26.1 Å². The SMILES string of the molecule is [2H]C1([2H])CC([2H])([2H])c2c(-c3cccc4c3oc3c(-c5cccc[n+]5C)c(C)ccc34)cccc21. The van der Waals surface area contributed by atoms with Crippen LogP contribution in [0.15, 0.2) is 77.3 Å². The smallest absolute Gasteiger partial charge is 0.216 e. The number of hydrogen-bond acceptors (Lipinski definition) is 1. The van der Waals surface area contributed by atoms with Crippen LogP contribution in [0.5, 0.6) is 0 Å². The molecular formula is C28H24NO+. The second-order valence-electron chi connectivity index (χ2n) is 7.87. The van der Waals surface area contributed by atoms with Crippen molar-refractivity contribution >= 4 is 21.9 Å². The minimum absolute atomic E-state index is 0.184. The average Bonchev–Trinajstić information content (AvgIpc) is 3.26. The zero-order valence-corrected chi connectivity index (χ0v) is 17.0. The zero-order valence-electron chi connectivity index (χ0n) is 21.0. The normalized spacial score (nSPS) is 18.6. The van der Waals surface area contributed by atoms with Crippen molar-refractivity contribution in [3.8, 4) is 22.4 Å². The molecule has 0 bridgehead atoms. The second kappa shape index (κ2) is 6.56. The number of benzene rings is 3. The van der Waals surface area contributed by atoms with Crippen LogP contribution < -0.4 is 4.57 Å². The monoisotopic (exact) mass is 394 g/mol. The van der Waals surface area contributed by atoms with Gasteiger partial charge in [-0.1, -0.05) is 48.5 Å². The Bertz CT molecular complexity index is 1620. The maximum Gasteiger partial charge on any atom is 0.216 e. The van der Waals surface area contributed by atoms with Gasteiger partial charge in [-0.3, -0.25) is 0 Å². The van der Waals surface area contributed by atoms with Gasteiger partial charge >= 0.3 is 0 Å². The number of nitrogens with zero attached hydrogens (tertiary/aromatic N) is 1. The van der Waals surface area contributed by atoms with Crippen molar-refractivity contribution < 1.29 is 14.5 Å². The third-order valence-corrected chi connectivity index (χ3v) is 6.08. The summed E-state index contributed by atoms with van der Waals surface area (Å²) in [6.07, 6.45) is -1.63. The maximum absolute atomic E-state index is 8.62. The first kappa shape index (κ1) is 13.8. The van der Waals surface area contributed by atoms with Crippen LogP contribution in [0.2, 0.25) is 0 Å². The molecule has 0 atom stereocenters. The first-order valence-electron chi connectivity index (χ1n) is 12.2. The highest BCUT2D eigenvalue weighted by atomic mass is 16.3. The number of aromatic nitrogens is 1. The van der Waals surface area contributed by atoms with Crippen LogP contribution in [0.4, 0.5) is 0 Å². The summed E-state index contributed by atoms with van der Waals surface area (Å²) in [4.78, 5) is 0. The van der Waals surface area contributed by atoms with E-state index >= 15 is 0 Å². The molecule has 3 aromatic carbocycles.